The molecule has 0 radical (unpaired) electrons. The zero-order valence-electron chi connectivity index (χ0n) is 12.5. The third kappa shape index (κ3) is 2.63. The monoisotopic (exact) mass is 281 g/mol. The van der Waals surface area contributed by atoms with Gasteiger partial charge in [-0.05, 0) is 19.2 Å². The topological polar surface area (TPSA) is 48.1 Å². The van der Waals surface area contributed by atoms with Gasteiger partial charge in [-0.15, -0.1) is 0 Å². The third-order valence-corrected chi connectivity index (χ3v) is 4.00. The SMILES string of the molecule is CN1CCN(C=C(C#N)c2nc3ccccc3n2C)CC1. The molecule has 5 heteroatoms. The van der Waals surface area contributed by atoms with Crippen molar-refractivity contribution in [3.63, 3.8) is 0 Å². The van der Waals surface area contributed by atoms with Crippen LogP contribution in [-0.4, -0.2) is 52.6 Å². The fourth-order valence-electron chi connectivity index (χ4n) is 2.66. The van der Waals surface area contributed by atoms with Crippen molar-refractivity contribution in [1.82, 2.24) is 19.4 Å². The van der Waals surface area contributed by atoms with Crippen molar-refractivity contribution >= 4 is 16.6 Å². The number of nitrogens with zero attached hydrogens (tertiary/aromatic N) is 5. The van der Waals surface area contributed by atoms with Gasteiger partial charge in [0.25, 0.3) is 0 Å². The minimum atomic E-state index is 0.623. The van der Waals surface area contributed by atoms with Gasteiger partial charge in [0.05, 0.1) is 11.0 Å². The molecular formula is C16H19N5. The van der Waals surface area contributed by atoms with E-state index in [1.54, 1.807) is 0 Å². The Hall–Kier alpha value is -2.32. The number of likely N-dealkylation sites (N-methyl/N-ethyl adjacent to an activating group) is 1. The van der Waals surface area contributed by atoms with E-state index in [0.717, 1.165) is 43.0 Å². The summed E-state index contributed by atoms with van der Waals surface area (Å²) in [6, 6.07) is 10.3. The zero-order valence-corrected chi connectivity index (χ0v) is 12.5. The van der Waals surface area contributed by atoms with Gasteiger partial charge in [0.1, 0.15) is 11.6 Å². The molecule has 1 saturated heterocycles. The lowest BCUT2D eigenvalue weighted by Gasteiger charge is -2.31. The number of fused-ring (bicyclic) bond motifs is 1. The van der Waals surface area contributed by atoms with Gasteiger partial charge in [0, 0.05) is 39.4 Å². The van der Waals surface area contributed by atoms with Crippen LogP contribution in [0, 0.1) is 11.3 Å². The lowest BCUT2D eigenvalue weighted by Crippen LogP contribution is -2.41. The molecule has 1 aromatic carbocycles. The highest BCUT2D eigenvalue weighted by Crippen LogP contribution is 2.20. The number of benzene rings is 1. The van der Waals surface area contributed by atoms with E-state index in [9.17, 15) is 5.26 Å². The van der Waals surface area contributed by atoms with E-state index in [4.69, 9.17) is 0 Å². The molecule has 0 atom stereocenters. The van der Waals surface area contributed by atoms with E-state index in [2.05, 4.69) is 27.9 Å². The van der Waals surface area contributed by atoms with E-state index in [1.807, 2.05) is 42.1 Å². The molecule has 0 bridgehead atoms. The van der Waals surface area contributed by atoms with Crippen molar-refractivity contribution in [3.05, 3.63) is 36.3 Å². The summed E-state index contributed by atoms with van der Waals surface area (Å²) in [5.41, 5.74) is 2.60. The molecular weight excluding hydrogens is 262 g/mol. The summed E-state index contributed by atoms with van der Waals surface area (Å²) in [7, 11) is 4.08. The number of allylic oxidation sites excluding steroid dienone is 1. The van der Waals surface area contributed by atoms with Crippen LogP contribution in [0.5, 0.6) is 0 Å². The molecule has 1 fully saturated rings. The fraction of sp³-hybridized carbons (Fsp3) is 0.375. The molecule has 1 aliphatic heterocycles. The van der Waals surface area contributed by atoms with Crippen LogP contribution in [0.1, 0.15) is 5.82 Å². The van der Waals surface area contributed by atoms with Gasteiger partial charge in [-0.1, -0.05) is 12.1 Å². The number of hydrogen-bond donors (Lipinski definition) is 0. The molecule has 3 rings (SSSR count). The highest BCUT2D eigenvalue weighted by Gasteiger charge is 2.15. The molecule has 0 aliphatic carbocycles. The molecule has 1 aliphatic rings. The Kier molecular flexibility index (Phi) is 3.63. The lowest BCUT2D eigenvalue weighted by atomic mass is 10.2. The van der Waals surface area contributed by atoms with Crippen LogP contribution in [0.4, 0.5) is 0 Å². The second kappa shape index (κ2) is 5.58. The maximum Gasteiger partial charge on any atom is 0.153 e. The van der Waals surface area contributed by atoms with Crippen LogP contribution in [0.15, 0.2) is 30.5 Å². The summed E-state index contributed by atoms with van der Waals surface area (Å²) in [5.74, 6) is 0.734. The second-order valence-electron chi connectivity index (χ2n) is 5.48. The Balaban J connectivity index is 1.95. The standard InChI is InChI=1S/C16H19N5/c1-19-7-9-21(10-8-19)12-13(11-17)16-18-14-5-3-4-6-15(14)20(16)2/h3-6,12H,7-10H2,1-2H3. The van der Waals surface area contributed by atoms with Crippen LogP contribution in [0.2, 0.25) is 0 Å². The van der Waals surface area contributed by atoms with Crippen LogP contribution in [-0.2, 0) is 7.05 Å². The van der Waals surface area contributed by atoms with Crippen molar-refractivity contribution in [1.29, 1.82) is 5.26 Å². The first-order chi connectivity index (χ1) is 10.2. The third-order valence-electron chi connectivity index (χ3n) is 4.00. The van der Waals surface area contributed by atoms with Crippen molar-refractivity contribution in [2.45, 2.75) is 0 Å². The van der Waals surface area contributed by atoms with Gasteiger partial charge in [0.2, 0.25) is 0 Å². The zero-order chi connectivity index (χ0) is 14.8. The Morgan fingerprint density at radius 3 is 2.57 bits per heavy atom. The molecule has 5 nitrogen and oxygen atoms in total. The van der Waals surface area contributed by atoms with Crippen LogP contribution >= 0.6 is 0 Å². The fourth-order valence-corrected chi connectivity index (χ4v) is 2.66. The Labute approximate surface area is 124 Å². The van der Waals surface area contributed by atoms with E-state index in [-0.39, 0.29) is 0 Å². The number of hydrogen-bond acceptors (Lipinski definition) is 4. The highest BCUT2D eigenvalue weighted by molar-refractivity contribution is 5.82. The van der Waals surface area contributed by atoms with Crippen LogP contribution in [0.25, 0.3) is 16.6 Å². The Morgan fingerprint density at radius 2 is 1.90 bits per heavy atom. The first-order valence-corrected chi connectivity index (χ1v) is 7.15. The van der Waals surface area contributed by atoms with Gasteiger partial charge >= 0.3 is 0 Å². The summed E-state index contributed by atoms with van der Waals surface area (Å²) in [6.45, 7) is 3.95. The van der Waals surface area contributed by atoms with Gasteiger partial charge in [0.15, 0.2) is 5.82 Å². The van der Waals surface area contributed by atoms with Gasteiger partial charge in [-0.25, -0.2) is 4.98 Å². The molecule has 0 N–H and O–H groups in total. The number of para-hydroxylation sites is 2. The summed E-state index contributed by atoms with van der Waals surface area (Å²) in [6.07, 6.45) is 1.95. The highest BCUT2D eigenvalue weighted by atomic mass is 15.2. The average molecular weight is 281 g/mol. The quantitative estimate of drug-likeness (QED) is 0.786. The largest absolute Gasteiger partial charge is 0.374 e. The minimum absolute atomic E-state index is 0.623. The Morgan fingerprint density at radius 1 is 1.19 bits per heavy atom. The normalized spacial score (nSPS) is 17.2. The molecule has 2 heterocycles. The number of piperazine rings is 1. The second-order valence-corrected chi connectivity index (χ2v) is 5.48. The van der Waals surface area contributed by atoms with Crippen molar-refractivity contribution in [2.75, 3.05) is 33.2 Å². The summed E-state index contributed by atoms with van der Waals surface area (Å²) < 4.78 is 1.99. The van der Waals surface area contributed by atoms with E-state index >= 15 is 0 Å². The maximum atomic E-state index is 9.50. The molecule has 108 valence electrons. The average Bonchev–Trinajstić information content (AvgIpc) is 2.84. The Bertz CT molecular complexity index is 714. The number of nitriles is 1. The summed E-state index contributed by atoms with van der Waals surface area (Å²) >= 11 is 0. The first kappa shape index (κ1) is 13.7. The van der Waals surface area contributed by atoms with Crippen LogP contribution < -0.4 is 0 Å². The molecule has 0 spiro atoms. The smallest absolute Gasteiger partial charge is 0.153 e. The number of aryl methyl sites for hydroxylation is 1. The van der Waals surface area contributed by atoms with Crippen molar-refractivity contribution < 1.29 is 0 Å². The van der Waals surface area contributed by atoms with Gasteiger partial charge < -0.3 is 14.4 Å². The molecule has 1 aromatic heterocycles. The van der Waals surface area contributed by atoms with Crippen molar-refractivity contribution in [2.24, 2.45) is 7.05 Å². The van der Waals surface area contributed by atoms with E-state index < -0.39 is 0 Å². The van der Waals surface area contributed by atoms with Gasteiger partial charge in [-0.3, -0.25) is 0 Å². The molecule has 0 amide bonds. The number of rotatable bonds is 2. The maximum absolute atomic E-state index is 9.50. The van der Waals surface area contributed by atoms with Crippen LogP contribution in [0.3, 0.4) is 0 Å². The predicted molar refractivity (Wildman–Crippen MR) is 83.4 cm³/mol. The summed E-state index contributed by atoms with van der Waals surface area (Å²) in [5, 5.41) is 9.50. The van der Waals surface area contributed by atoms with Crippen molar-refractivity contribution in [3.8, 4) is 6.07 Å². The van der Waals surface area contributed by atoms with E-state index in [0.29, 0.717) is 5.57 Å². The molecule has 2 aromatic rings. The minimum Gasteiger partial charge on any atom is -0.374 e. The number of imidazole rings is 1. The molecule has 0 unspecified atom stereocenters. The molecule has 0 saturated carbocycles. The lowest BCUT2D eigenvalue weighted by molar-refractivity contribution is 0.199. The predicted octanol–water partition coefficient (Wildman–Crippen LogP) is 1.69. The molecule has 21 heavy (non-hydrogen) atoms. The first-order valence-electron chi connectivity index (χ1n) is 7.15. The van der Waals surface area contributed by atoms with Gasteiger partial charge in [-0.2, -0.15) is 5.26 Å². The number of aromatic nitrogens is 2. The van der Waals surface area contributed by atoms with E-state index in [1.165, 1.54) is 0 Å². The summed E-state index contributed by atoms with van der Waals surface area (Å²) in [4.78, 5) is 9.10.